The Morgan fingerprint density at radius 3 is 2.71 bits per heavy atom. The molecule has 1 saturated carbocycles. The molecule has 3 nitrogen and oxygen atoms in total. The van der Waals surface area contributed by atoms with Crippen molar-refractivity contribution in [1.29, 1.82) is 0 Å². The maximum Gasteiger partial charge on any atom is 0.122 e. The van der Waals surface area contributed by atoms with Gasteiger partial charge in [-0.05, 0) is 39.1 Å². The van der Waals surface area contributed by atoms with Gasteiger partial charge in [-0.25, -0.2) is 0 Å². The summed E-state index contributed by atoms with van der Waals surface area (Å²) >= 11 is 0. The first kappa shape index (κ1) is 12.7. The van der Waals surface area contributed by atoms with Crippen molar-refractivity contribution in [2.24, 2.45) is 0 Å². The molecule has 1 N–H and O–H groups in total. The van der Waals surface area contributed by atoms with Gasteiger partial charge in [0.15, 0.2) is 0 Å². The Balaban J connectivity index is 1.85. The summed E-state index contributed by atoms with van der Waals surface area (Å²) in [5, 5.41) is 3.69. The van der Waals surface area contributed by atoms with Gasteiger partial charge in [0.05, 0.1) is 12.3 Å². The molecule has 0 bridgehead atoms. The molecule has 0 aliphatic heterocycles. The Kier molecular flexibility index (Phi) is 4.63. The predicted octanol–water partition coefficient (Wildman–Crippen LogP) is 2.80. The van der Waals surface area contributed by atoms with E-state index in [0.29, 0.717) is 12.1 Å². The van der Waals surface area contributed by atoms with E-state index in [0.717, 1.165) is 12.3 Å². The highest BCUT2D eigenvalue weighted by molar-refractivity contribution is 5.05. The third kappa shape index (κ3) is 3.58. The Hall–Kier alpha value is -0.800. The van der Waals surface area contributed by atoms with E-state index in [9.17, 15) is 0 Å². The SMILES string of the molecule is CN(C)C(CNC1CCCCC1)c1ccco1. The lowest BCUT2D eigenvalue weighted by molar-refractivity contribution is 0.235. The minimum Gasteiger partial charge on any atom is -0.468 e. The minimum absolute atomic E-state index is 0.340. The van der Waals surface area contributed by atoms with Gasteiger partial charge in [-0.15, -0.1) is 0 Å². The fourth-order valence-corrected chi connectivity index (χ4v) is 2.60. The number of hydrogen-bond acceptors (Lipinski definition) is 3. The largest absolute Gasteiger partial charge is 0.468 e. The van der Waals surface area contributed by atoms with Gasteiger partial charge in [0, 0.05) is 12.6 Å². The molecule has 3 heteroatoms. The third-order valence-electron chi connectivity index (χ3n) is 3.70. The molecular formula is C14H24N2O. The van der Waals surface area contributed by atoms with Gasteiger partial charge in [-0.3, -0.25) is 4.90 Å². The van der Waals surface area contributed by atoms with Gasteiger partial charge in [0.25, 0.3) is 0 Å². The molecule has 1 aromatic rings. The number of furan rings is 1. The molecule has 17 heavy (non-hydrogen) atoms. The molecule has 1 aromatic heterocycles. The first-order chi connectivity index (χ1) is 8.27. The molecular weight excluding hydrogens is 212 g/mol. The van der Waals surface area contributed by atoms with Crippen molar-refractivity contribution in [2.75, 3.05) is 20.6 Å². The molecule has 1 unspecified atom stereocenters. The lowest BCUT2D eigenvalue weighted by Gasteiger charge is -2.28. The molecule has 0 amide bonds. The van der Waals surface area contributed by atoms with Crippen molar-refractivity contribution in [3.05, 3.63) is 24.2 Å². The zero-order chi connectivity index (χ0) is 12.1. The number of nitrogens with one attached hydrogen (secondary N) is 1. The van der Waals surface area contributed by atoms with Crippen LogP contribution in [0.2, 0.25) is 0 Å². The molecule has 0 saturated heterocycles. The summed E-state index contributed by atoms with van der Waals surface area (Å²) in [6.45, 7) is 0.977. The zero-order valence-corrected chi connectivity index (χ0v) is 11.0. The van der Waals surface area contributed by atoms with Crippen molar-refractivity contribution < 1.29 is 4.42 Å². The van der Waals surface area contributed by atoms with Crippen LogP contribution in [0, 0.1) is 0 Å². The lowest BCUT2D eigenvalue weighted by Crippen LogP contribution is -2.38. The zero-order valence-electron chi connectivity index (χ0n) is 11.0. The lowest BCUT2D eigenvalue weighted by atomic mass is 9.95. The number of rotatable bonds is 5. The maximum absolute atomic E-state index is 5.52. The van der Waals surface area contributed by atoms with E-state index in [4.69, 9.17) is 4.42 Å². The van der Waals surface area contributed by atoms with Gasteiger partial charge in [-0.1, -0.05) is 19.3 Å². The quantitative estimate of drug-likeness (QED) is 0.852. The first-order valence-electron chi connectivity index (χ1n) is 6.70. The van der Waals surface area contributed by atoms with Crippen LogP contribution in [-0.2, 0) is 0 Å². The summed E-state index contributed by atoms with van der Waals surface area (Å²) in [5.41, 5.74) is 0. The van der Waals surface area contributed by atoms with Crippen molar-refractivity contribution in [3.63, 3.8) is 0 Å². The molecule has 1 atom stereocenters. The second-order valence-corrected chi connectivity index (χ2v) is 5.24. The van der Waals surface area contributed by atoms with Crippen LogP contribution in [-0.4, -0.2) is 31.6 Å². The van der Waals surface area contributed by atoms with Gasteiger partial charge in [0.1, 0.15) is 5.76 Å². The number of nitrogens with zero attached hydrogens (tertiary/aromatic N) is 1. The monoisotopic (exact) mass is 236 g/mol. The molecule has 96 valence electrons. The third-order valence-corrected chi connectivity index (χ3v) is 3.70. The summed E-state index contributed by atoms with van der Waals surface area (Å²) < 4.78 is 5.52. The summed E-state index contributed by atoms with van der Waals surface area (Å²) in [7, 11) is 4.21. The fourth-order valence-electron chi connectivity index (χ4n) is 2.60. The van der Waals surface area contributed by atoms with E-state index in [1.807, 2.05) is 6.07 Å². The standard InChI is InChI=1S/C14H24N2O/c1-16(2)13(14-9-6-10-17-14)11-15-12-7-4-3-5-8-12/h6,9-10,12-13,15H,3-5,7-8,11H2,1-2H3. The van der Waals surface area contributed by atoms with E-state index in [1.54, 1.807) is 6.26 Å². The van der Waals surface area contributed by atoms with Gasteiger partial charge in [-0.2, -0.15) is 0 Å². The summed E-state index contributed by atoms with van der Waals surface area (Å²) in [6.07, 6.45) is 8.59. The van der Waals surface area contributed by atoms with Crippen LogP contribution in [0.1, 0.15) is 43.9 Å². The van der Waals surface area contributed by atoms with Crippen molar-refractivity contribution in [1.82, 2.24) is 10.2 Å². The van der Waals surface area contributed by atoms with Crippen molar-refractivity contribution in [3.8, 4) is 0 Å². The molecule has 0 spiro atoms. The average Bonchev–Trinajstić information content (AvgIpc) is 2.84. The average molecular weight is 236 g/mol. The van der Waals surface area contributed by atoms with Crippen LogP contribution in [0.3, 0.4) is 0 Å². The maximum atomic E-state index is 5.52. The second kappa shape index (κ2) is 6.22. The van der Waals surface area contributed by atoms with E-state index in [1.165, 1.54) is 32.1 Å². The van der Waals surface area contributed by atoms with Crippen LogP contribution in [0.15, 0.2) is 22.8 Å². The molecule has 2 rings (SSSR count). The van der Waals surface area contributed by atoms with E-state index in [-0.39, 0.29) is 0 Å². The van der Waals surface area contributed by atoms with Crippen molar-refractivity contribution >= 4 is 0 Å². The van der Waals surface area contributed by atoms with Crippen LogP contribution < -0.4 is 5.32 Å². The number of hydrogen-bond donors (Lipinski definition) is 1. The molecule has 1 heterocycles. The Morgan fingerprint density at radius 2 is 2.12 bits per heavy atom. The highest BCUT2D eigenvalue weighted by atomic mass is 16.3. The van der Waals surface area contributed by atoms with Crippen LogP contribution in [0.25, 0.3) is 0 Å². The number of likely N-dealkylation sites (N-methyl/N-ethyl adjacent to an activating group) is 1. The van der Waals surface area contributed by atoms with Gasteiger partial charge >= 0.3 is 0 Å². The molecule has 1 aliphatic carbocycles. The van der Waals surface area contributed by atoms with E-state index < -0.39 is 0 Å². The topological polar surface area (TPSA) is 28.4 Å². The molecule has 0 aromatic carbocycles. The first-order valence-corrected chi connectivity index (χ1v) is 6.70. The van der Waals surface area contributed by atoms with E-state index in [2.05, 4.69) is 30.4 Å². The molecule has 0 radical (unpaired) electrons. The Labute approximate surface area is 104 Å². The van der Waals surface area contributed by atoms with Crippen LogP contribution >= 0.6 is 0 Å². The smallest absolute Gasteiger partial charge is 0.122 e. The summed E-state index contributed by atoms with van der Waals surface area (Å²) in [6, 6.07) is 5.08. The highest BCUT2D eigenvalue weighted by Crippen LogP contribution is 2.21. The normalized spacial score (nSPS) is 19.7. The minimum atomic E-state index is 0.340. The summed E-state index contributed by atoms with van der Waals surface area (Å²) in [4.78, 5) is 2.22. The van der Waals surface area contributed by atoms with Crippen LogP contribution in [0.5, 0.6) is 0 Å². The molecule has 1 fully saturated rings. The highest BCUT2D eigenvalue weighted by Gasteiger charge is 2.19. The fraction of sp³-hybridized carbons (Fsp3) is 0.714. The van der Waals surface area contributed by atoms with E-state index >= 15 is 0 Å². The van der Waals surface area contributed by atoms with Gasteiger partial charge in [0.2, 0.25) is 0 Å². The van der Waals surface area contributed by atoms with Gasteiger partial charge < -0.3 is 9.73 Å². The summed E-state index contributed by atoms with van der Waals surface area (Å²) in [5.74, 6) is 1.05. The second-order valence-electron chi connectivity index (χ2n) is 5.24. The van der Waals surface area contributed by atoms with Crippen molar-refractivity contribution in [2.45, 2.75) is 44.2 Å². The molecule has 1 aliphatic rings. The predicted molar refractivity (Wildman–Crippen MR) is 70.0 cm³/mol. The van der Waals surface area contributed by atoms with Crippen LogP contribution in [0.4, 0.5) is 0 Å². The Morgan fingerprint density at radius 1 is 1.35 bits per heavy atom. The Bertz CT molecular complexity index is 302.